The SMILES string of the molecule is O=C([O-])c1ccccc1/C=N\N1C(=O)CSC1=Nc1ccccc1. The molecule has 1 aliphatic rings. The van der Waals surface area contributed by atoms with E-state index in [1.807, 2.05) is 30.3 Å². The van der Waals surface area contributed by atoms with Gasteiger partial charge < -0.3 is 9.90 Å². The summed E-state index contributed by atoms with van der Waals surface area (Å²) in [5.74, 6) is -1.26. The second-order valence-electron chi connectivity index (χ2n) is 4.84. The van der Waals surface area contributed by atoms with E-state index in [-0.39, 0.29) is 17.2 Å². The zero-order valence-corrected chi connectivity index (χ0v) is 13.3. The van der Waals surface area contributed by atoms with Crippen molar-refractivity contribution in [1.82, 2.24) is 5.01 Å². The molecule has 0 aliphatic carbocycles. The molecule has 0 bridgehead atoms. The minimum Gasteiger partial charge on any atom is -0.545 e. The van der Waals surface area contributed by atoms with Gasteiger partial charge in [0.1, 0.15) is 0 Å². The number of carbonyl (C=O) groups is 2. The minimum atomic E-state index is -1.29. The number of carboxylic acid groups (broad SMARTS) is 1. The number of carboxylic acids is 1. The van der Waals surface area contributed by atoms with Gasteiger partial charge in [0.2, 0.25) is 0 Å². The Kier molecular flexibility index (Phi) is 4.72. The van der Waals surface area contributed by atoms with Gasteiger partial charge in [0.15, 0.2) is 5.17 Å². The largest absolute Gasteiger partial charge is 0.545 e. The van der Waals surface area contributed by atoms with Gasteiger partial charge in [0, 0.05) is 11.1 Å². The summed E-state index contributed by atoms with van der Waals surface area (Å²) in [5.41, 5.74) is 1.09. The van der Waals surface area contributed by atoms with Crippen LogP contribution in [0.5, 0.6) is 0 Å². The highest BCUT2D eigenvalue weighted by atomic mass is 32.2. The van der Waals surface area contributed by atoms with Crippen molar-refractivity contribution in [3.05, 3.63) is 65.7 Å². The number of benzene rings is 2. The highest BCUT2D eigenvalue weighted by Gasteiger charge is 2.28. The van der Waals surface area contributed by atoms with Gasteiger partial charge in [-0.2, -0.15) is 10.1 Å². The van der Waals surface area contributed by atoms with Crippen LogP contribution in [-0.2, 0) is 4.79 Å². The van der Waals surface area contributed by atoms with Crippen LogP contribution in [0.1, 0.15) is 15.9 Å². The van der Waals surface area contributed by atoms with Gasteiger partial charge in [-0.05, 0) is 12.1 Å². The maximum atomic E-state index is 12.0. The Balaban J connectivity index is 1.89. The van der Waals surface area contributed by atoms with E-state index in [0.29, 0.717) is 16.4 Å². The third-order valence-electron chi connectivity index (χ3n) is 3.22. The van der Waals surface area contributed by atoms with Gasteiger partial charge in [0.25, 0.3) is 5.91 Å². The number of aliphatic imine (C=N–C) groups is 1. The monoisotopic (exact) mass is 338 g/mol. The molecule has 0 radical (unpaired) electrons. The third-order valence-corrected chi connectivity index (χ3v) is 4.13. The number of thioether (sulfide) groups is 1. The van der Waals surface area contributed by atoms with Crippen LogP contribution in [0.15, 0.2) is 64.7 Å². The van der Waals surface area contributed by atoms with Crippen molar-refractivity contribution in [2.24, 2.45) is 10.1 Å². The average molecular weight is 338 g/mol. The van der Waals surface area contributed by atoms with Crippen LogP contribution in [-0.4, -0.2) is 34.0 Å². The summed E-state index contributed by atoms with van der Waals surface area (Å²) in [5, 5.41) is 16.9. The molecule has 1 amide bonds. The van der Waals surface area contributed by atoms with Gasteiger partial charge in [-0.25, -0.2) is 4.99 Å². The molecule has 2 aromatic rings. The average Bonchev–Trinajstić information content (AvgIpc) is 2.94. The van der Waals surface area contributed by atoms with Crippen molar-refractivity contribution in [2.45, 2.75) is 0 Å². The lowest BCUT2D eigenvalue weighted by Gasteiger charge is -2.10. The van der Waals surface area contributed by atoms with Gasteiger partial charge in [-0.1, -0.05) is 54.2 Å². The van der Waals surface area contributed by atoms with E-state index in [4.69, 9.17) is 0 Å². The summed E-state index contributed by atoms with van der Waals surface area (Å²) in [6.45, 7) is 0. The Labute approximate surface area is 142 Å². The van der Waals surface area contributed by atoms with Crippen molar-refractivity contribution >= 4 is 40.7 Å². The Morgan fingerprint density at radius 1 is 1.12 bits per heavy atom. The lowest BCUT2D eigenvalue weighted by molar-refractivity contribution is -0.255. The highest BCUT2D eigenvalue weighted by molar-refractivity contribution is 8.15. The van der Waals surface area contributed by atoms with Gasteiger partial charge in [-0.3, -0.25) is 4.79 Å². The maximum absolute atomic E-state index is 12.0. The lowest BCUT2D eigenvalue weighted by Crippen LogP contribution is -2.25. The Hall–Kier alpha value is -2.93. The van der Waals surface area contributed by atoms with Crippen LogP contribution >= 0.6 is 11.8 Å². The number of para-hydroxylation sites is 1. The lowest BCUT2D eigenvalue weighted by atomic mass is 10.1. The number of hydrazone groups is 1. The summed E-state index contributed by atoms with van der Waals surface area (Å²) in [4.78, 5) is 27.5. The molecule has 6 nitrogen and oxygen atoms in total. The first kappa shape index (κ1) is 15.9. The summed E-state index contributed by atoms with van der Waals surface area (Å²) in [6, 6.07) is 15.5. The van der Waals surface area contributed by atoms with E-state index in [0.717, 1.165) is 0 Å². The molecule has 0 spiro atoms. The molecule has 2 aromatic carbocycles. The maximum Gasteiger partial charge on any atom is 0.259 e. The van der Waals surface area contributed by atoms with E-state index >= 15 is 0 Å². The molecule has 1 fully saturated rings. The number of nitrogens with zero attached hydrogens (tertiary/aromatic N) is 3. The number of amides is 1. The highest BCUT2D eigenvalue weighted by Crippen LogP contribution is 2.23. The molecule has 120 valence electrons. The van der Waals surface area contributed by atoms with Crippen LogP contribution < -0.4 is 5.11 Å². The first-order valence-corrected chi connectivity index (χ1v) is 8.07. The molecule has 0 unspecified atom stereocenters. The molecule has 1 heterocycles. The molecule has 0 N–H and O–H groups in total. The van der Waals surface area contributed by atoms with E-state index in [2.05, 4.69) is 10.1 Å². The molecular weight excluding hydrogens is 326 g/mol. The fraction of sp³-hybridized carbons (Fsp3) is 0.0588. The number of hydrogen-bond donors (Lipinski definition) is 0. The predicted molar refractivity (Wildman–Crippen MR) is 91.2 cm³/mol. The van der Waals surface area contributed by atoms with Crippen LogP contribution in [0.2, 0.25) is 0 Å². The summed E-state index contributed by atoms with van der Waals surface area (Å²) in [6.07, 6.45) is 1.33. The topological polar surface area (TPSA) is 85.2 Å². The number of hydrogen-bond acceptors (Lipinski definition) is 6. The smallest absolute Gasteiger partial charge is 0.259 e. The van der Waals surface area contributed by atoms with Crippen molar-refractivity contribution in [3.8, 4) is 0 Å². The second-order valence-corrected chi connectivity index (χ2v) is 5.79. The molecule has 24 heavy (non-hydrogen) atoms. The molecule has 1 saturated heterocycles. The van der Waals surface area contributed by atoms with Crippen LogP contribution in [0.4, 0.5) is 5.69 Å². The third kappa shape index (κ3) is 3.52. The summed E-state index contributed by atoms with van der Waals surface area (Å²) >= 11 is 1.28. The van der Waals surface area contributed by atoms with E-state index in [9.17, 15) is 14.7 Å². The zero-order valence-electron chi connectivity index (χ0n) is 12.5. The van der Waals surface area contributed by atoms with Gasteiger partial charge in [-0.15, -0.1) is 0 Å². The number of amidine groups is 1. The Morgan fingerprint density at radius 3 is 2.58 bits per heavy atom. The Bertz CT molecular complexity index is 834. The molecule has 0 atom stereocenters. The summed E-state index contributed by atoms with van der Waals surface area (Å²) in [7, 11) is 0. The standard InChI is InChI=1S/C17H13N3O3S/c21-15-11-24-17(19-13-7-2-1-3-8-13)20(15)18-10-12-6-4-5-9-14(12)16(22)23/h1-10H,11H2,(H,22,23)/p-1/b18-10-,19-17?. The van der Waals surface area contributed by atoms with Gasteiger partial charge in [0.05, 0.1) is 23.6 Å². The second kappa shape index (κ2) is 7.10. The van der Waals surface area contributed by atoms with Gasteiger partial charge >= 0.3 is 0 Å². The molecule has 3 rings (SSSR count). The van der Waals surface area contributed by atoms with E-state index in [1.54, 1.807) is 18.2 Å². The fourth-order valence-corrected chi connectivity index (χ4v) is 2.89. The van der Waals surface area contributed by atoms with Crippen molar-refractivity contribution < 1.29 is 14.7 Å². The first-order valence-electron chi connectivity index (χ1n) is 7.09. The minimum absolute atomic E-state index is 0.0158. The normalized spacial score (nSPS) is 16.2. The molecule has 1 aliphatic heterocycles. The van der Waals surface area contributed by atoms with Crippen molar-refractivity contribution in [1.29, 1.82) is 0 Å². The molecule has 0 aromatic heterocycles. The van der Waals surface area contributed by atoms with Crippen LogP contribution in [0.25, 0.3) is 0 Å². The summed E-state index contributed by atoms with van der Waals surface area (Å²) < 4.78 is 0. The van der Waals surface area contributed by atoms with E-state index < -0.39 is 5.97 Å². The first-order chi connectivity index (χ1) is 11.6. The van der Waals surface area contributed by atoms with Crippen LogP contribution in [0, 0.1) is 0 Å². The predicted octanol–water partition coefficient (Wildman–Crippen LogP) is 1.65. The zero-order chi connectivity index (χ0) is 16.9. The van der Waals surface area contributed by atoms with E-state index in [1.165, 1.54) is 29.1 Å². The number of carbonyl (C=O) groups excluding carboxylic acids is 2. The number of rotatable bonds is 4. The van der Waals surface area contributed by atoms with Crippen molar-refractivity contribution in [3.63, 3.8) is 0 Å². The Morgan fingerprint density at radius 2 is 1.83 bits per heavy atom. The van der Waals surface area contributed by atoms with Crippen LogP contribution in [0.3, 0.4) is 0 Å². The van der Waals surface area contributed by atoms with Crippen molar-refractivity contribution in [2.75, 3.05) is 5.75 Å². The quantitative estimate of drug-likeness (QED) is 0.793. The molecular formula is C17H12N3O3S-. The molecule has 0 saturated carbocycles. The molecule has 7 heteroatoms. The fourth-order valence-electron chi connectivity index (χ4n) is 2.08. The number of aromatic carboxylic acids is 1.